The molecule has 1 unspecified atom stereocenters. The summed E-state index contributed by atoms with van der Waals surface area (Å²) in [5.74, 6) is -0.413. The van der Waals surface area contributed by atoms with Gasteiger partial charge in [-0.05, 0) is 43.0 Å². The maximum absolute atomic E-state index is 11.4. The summed E-state index contributed by atoms with van der Waals surface area (Å²) in [6, 6.07) is 3.50. The van der Waals surface area contributed by atoms with Crippen molar-refractivity contribution in [1.29, 1.82) is 5.41 Å². The number of amides is 1. The van der Waals surface area contributed by atoms with Gasteiger partial charge < -0.3 is 16.5 Å². The molecule has 2 aromatic rings. The molecule has 27 heavy (non-hydrogen) atoms. The van der Waals surface area contributed by atoms with E-state index in [1.807, 2.05) is 38.1 Å². The van der Waals surface area contributed by atoms with E-state index < -0.39 is 11.9 Å². The molecule has 3 rings (SSSR count). The number of nitrogens with two attached hydrogens (primary N) is 1. The molecule has 138 valence electrons. The highest BCUT2D eigenvalue weighted by Crippen LogP contribution is 2.33. The van der Waals surface area contributed by atoms with Crippen molar-refractivity contribution in [2.75, 3.05) is 0 Å². The third-order valence-electron chi connectivity index (χ3n) is 4.85. The fourth-order valence-corrected chi connectivity index (χ4v) is 3.50. The average molecular weight is 360 g/mol. The zero-order valence-corrected chi connectivity index (χ0v) is 15.8. The normalized spacial score (nSPS) is 16.4. The summed E-state index contributed by atoms with van der Waals surface area (Å²) in [7, 11) is 0. The zero-order chi connectivity index (χ0) is 19.6. The molecule has 1 atom stereocenters. The van der Waals surface area contributed by atoms with E-state index in [9.17, 15) is 4.79 Å². The lowest BCUT2D eigenvalue weighted by atomic mass is 9.90. The van der Waals surface area contributed by atoms with E-state index in [4.69, 9.17) is 16.1 Å². The van der Waals surface area contributed by atoms with Crippen LogP contribution in [0.4, 0.5) is 0 Å². The highest BCUT2D eigenvalue weighted by molar-refractivity contribution is 6.04. The van der Waals surface area contributed by atoms with Crippen LogP contribution >= 0.6 is 0 Å². The Morgan fingerprint density at radius 3 is 2.70 bits per heavy atom. The van der Waals surface area contributed by atoms with Crippen molar-refractivity contribution < 1.29 is 4.79 Å². The molecule has 1 aliphatic rings. The number of rotatable bonds is 5. The van der Waals surface area contributed by atoms with Gasteiger partial charge in [0.15, 0.2) is 0 Å². The summed E-state index contributed by atoms with van der Waals surface area (Å²) in [6.07, 6.45) is 11.8. The van der Waals surface area contributed by atoms with Crippen LogP contribution in [0.25, 0.3) is 22.6 Å². The molecule has 0 bridgehead atoms. The number of aryl methyl sites for hydroxylation is 1. The average Bonchev–Trinajstić information content (AvgIpc) is 2.68. The molecule has 0 spiro atoms. The Balaban J connectivity index is 2.30. The van der Waals surface area contributed by atoms with Gasteiger partial charge in [0, 0.05) is 28.9 Å². The third kappa shape index (κ3) is 3.28. The molecule has 0 radical (unpaired) electrons. The summed E-state index contributed by atoms with van der Waals surface area (Å²) in [4.78, 5) is 16.3. The highest BCUT2D eigenvalue weighted by atomic mass is 16.1. The number of aromatic nitrogens is 1. The van der Waals surface area contributed by atoms with E-state index in [-0.39, 0.29) is 0 Å². The van der Waals surface area contributed by atoms with Crippen molar-refractivity contribution in [3.63, 3.8) is 0 Å². The first-order chi connectivity index (χ1) is 13.0. The maximum atomic E-state index is 11.4. The fourth-order valence-electron chi connectivity index (χ4n) is 3.50. The molecule has 1 aromatic carbocycles. The molecule has 5 heteroatoms. The monoisotopic (exact) mass is 360 g/mol. The number of hydrogen-bond donors (Lipinski definition) is 3. The summed E-state index contributed by atoms with van der Waals surface area (Å²) < 4.78 is 0. The predicted octanol–water partition coefficient (Wildman–Crippen LogP) is 3.49. The molecule has 4 N–H and O–H groups in total. The molecule has 1 amide bonds. The Bertz CT molecular complexity index is 1010. The van der Waals surface area contributed by atoms with Crippen LogP contribution in [0, 0.1) is 12.3 Å². The zero-order valence-electron chi connectivity index (χ0n) is 15.8. The number of carbonyl (C=O) groups excluding carboxylic acids is 1. The SMILES string of the molecule is C/C=C\c1c(CC)c(C2=CNC(C(N)=O)C=C2)nc2ccc(C)c(C=N)c12. The highest BCUT2D eigenvalue weighted by Gasteiger charge is 2.20. The standard InChI is InChI=1S/C22H24N4O/c1-4-6-16-15(5-2)21(14-8-10-19(22(24)27)25-12-14)26-18-9-7-13(3)17(11-23)20(16)18/h4,6-12,19,23,25H,5H2,1-3H3,(H2,24,27)/b6-4-,23-11?. The molecular weight excluding hydrogens is 336 g/mol. The van der Waals surface area contributed by atoms with Crippen LogP contribution in [0.2, 0.25) is 0 Å². The van der Waals surface area contributed by atoms with Crippen molar-refractivity contribution in [3.8, 4) is 0 Å². The number of dihydropyridines is 1. The van der Waals surface area contributed by atoms with Gasteiger partial charge >= 0.3 is 0 Å². The van der Waals surface area contributed by atoms with Crippen LogP contribution < -0.4 is 11.1 Å². The molecule has 0 fully saturated rings. The summed E-state index contributed by atoms with van der Waals surface area (Å²) in [6.45, 7) is 6.11. The number of carbonyl (C=O) groups is 1. The number of nitrogens with one attached hydrogen (secondary N) is 2. The second-order valence-electron chi connectivity index (χ2n) is 6.55. The van der Waals surface area contributed by atoms with Gasteiger partial charge in [0.1, 0.15) is 6.04 Å². The second kappa shape index (κ2) is 7.58. The van der Waals surface area contributed by atoms with Crippen LogP contribution in [0.15, 0.2) is 36.6 Å². The number of benzene rings is 1. The van der Waals surface area contributed by atoms with Crippen LogP contribution in [0.3, 0.4) is 0 Å². The number of nitrogens with zero attached hydrogens (tertiary/aromatic N) is 1. The van der Waals surface area contributed by atoms with Crippen LogP contribution in [-0.4, -0.2) is 23.1 Å². The number of hydrogen-bond acceptors (Lipinski definition) is 4. The largest absolute Gasteiger partial charge is 0.376 e. The Kier molecular flexibility index (Phi) is 5.21. The van der Waals surface area contributed by atoms with Gasteiger partial charge in [-0.1, -0.05) is 37.3 Å². The lowest BCUT2D eigenvalue weighted by molar-refractivity contribution is -0.118. The van der Waals surface area contributed by atoms with Gasteiger partial charge in [0.05, 0.1) is 11.2 Å². The van der Waals surface area contributed by atoms with E-state index in [2.05, 4.69) is 18.3 Å². The Morgan fingerprint density at radius 1 is 1.37 bits per heavy atom. The van der Waals surface area contributed by atoms with E-state index in [1.165, 1.54) is 6.21 Å². The minimum atomic E-state index is -0.499. The lowest BCUT2D eigenvalue weighted by Crippen LogP contribution is -2.38. The Morgan fingerprint density at radius 2 is 2.15 bits per heavy atom. The van der Waals surface area contributed by atoms with E-state index >= 15 is 0 Å². The summed E-state index contributed by atoms with van der Waals surface area (Å²) >= 11 is 0. The molecule has 0 saturated heterocycles. The van der Waals surface area contributed by atoms with Crippen LogP contribution in [0.5, 0.6) is 0 Å². The Labute approximate surface area is 159 Å². The molecule has 1 aromatic heterocycles. The first kappa shape index (κ1) is 18.6. The number of fused-ring (bicyclic) bond motifs is 1. The fraction of sp³-hybridized carbons (Fsp3) is 0.227. The third-order valence-corrected chi connectivity index (χ3v) is 4.85. The van der Waals surface area contributed by atoms with Gasteiger partial charge in [-0.2, -0.15) is 0 Å². The van der Waals surface area contributed by atoms with E-state index in [0.29, 0.717) is 0 Å². The molecular formula is C22H24N4O. The lowest BCUT2D eigenvalue weighted by Gasteiger charge is -2.20. The summed E-state index contributed by atoms with van der Waals surface area (Å²) in [5.41, 5.74) is 12.2. The van der Waals surface area contributed by atoms with E-state index in [1.54, 1.807) is 12.3 Å². The first-order valence-electron chi connectivity index (χ1n) is 9.05. The van der Waals surface area contributed by atoms with E-state index in [0.717, 1.165) is 50.8 Å². The molecule has 1 aliphatic heterocycles. The quantitative estimate of drug-likeness (QED) is 0.713. The molecule has 2 heterocycles. The predicted molar refractivity (Wildman–Crippen MR) is 112 cm³/mol. The van der Waals surface area contributed by atoms with Crippen molar-refractivity contribution in [3.05, 3.63) is 64.5 Å². The second-order valence-corrected chi connectivity index (χ2v) is 6.55. The van der Waals surface area contributed by atoms with Crippen LogP contribution in [-0.2, 0) is 11.2 Å². The summed E-state index contributed by atoms with van der Waals surface area (Å²) in [5, 5.41) is 11.9. The van der Waals surface area contributed by atoms with Gasteiger partial charge in [-0.15, -0.1) is 0 Å². The minimum Gasteiger partial charge on any atom is -0.376 e. The number of allylic oxidation sites excluding steroid dienone is 3. The topological polar surface area (TPSA) is 91.9 Å². The smallest absolute Gasteiger partial charge is 0.243 e. The molecule has 0 saturated carbocycles. The van der Waals surface area contributed by atoms with Gasteiger partial charge in [-0.3, -0.25) is 4.79 Å². The van der Waals surface area contributed by atoms with Crippen molar-refractivity contribution in [2.45, 2.75) is 33.2 Å². The Hall–Kier alpha value is -3.21. The van der Waals surface area contributed by atoms with Gasteiger partial charge in [-0.25, -0.2) is 4.98 Å². The number of pyridine rings is 1. The van der Waals surface area contributed by atoms with Crippen molar-refractivity contribution >= 4 is 34.7 Å². The van der Waals surface area contributed by atoms with Gasteiger partial charge in [0.2, 0.25) is 5.91 Å². The minimum absolute atomic E-state index is 0.413. The van der Waals surface area contributed by atoms with Crippen LogP contribution in [0.1, 0.15) is 41.8 Å². The molecule has 0 aliphatic carbocycles. The number of primary amides is 1. The van der Waals surface area contributed by atoms with Gasteiger partial charge in [0.25, 0.3) is 0 Å². The van der Waals surface area contributed by atoms with Crippen molar-refractivity contribution in [2.24, 2.45) is 5.73 Å². The maximum Gasteiger partial charge on any atom is 0.243 e. The first-order valence-corrected chi connectivity index (χ1v) is 9.05. The van der Waals surface area contributed by atoms with Crippen molar-refractivity contribution in [1.82, 2.24) is 10.3 Å². The molecule has 5 nitrogen and oxygen atoms in total.